The molecule has 1 aromatic rings. The van der Waals surface area contributed by atoms with E-state index in [9.17, 15) is 0 Å². The molecule has 0 saturated heterocycles. The number of rotatable bonds is 8. The van der Waals surface area contributed by atoms with Gasteiger partial charge in [0.25, 0.3) is 0 Å². The predicted molar refractivity (Wildman–Crippen MR) is 77.4 cm³/mol. The van der Waals surface area contributed by atoms with Crippen molar-refractivity contribution in [3.05, 3.63) is 22.4 Å². The van der Waals surface area contributed by atoms with Crippen molar-refractivity contribution in [1.29, 1.82) is 0 Å². The van der Waals surface area contributed by atoms with E-state index < -0.39 is 0 Å². The van der Waals surface area contributed by atoms with Crippen LogP contribution in [0.25, 0.3) is 0 Å². The number of thiophene rings is 1. The van der Waals surface area contributed by atoms with E-state index in [0.717, 1.165) is 18.2 Å². The number of hydrogen-bond donors (Lipinski definition) is 1. The fraction of sp³-hybridized carbons (Fsp3) is 0.692. The van der Waals surface area contributed by atoms with E-state index in [4.69, 9.17) is 0 Å². The van der Waals surface area contributed by atoms with Crippen molar-refractivity contribution in [3.63, 3.8) is 0 Å². The first-order chi connectivity index (χ1) is 7.74. The average molecular weight is 257 g/mol. The molecule has 0 aliphatic heterocycles. The van der Waals surface area contributed by atoms with Gasteiger partial charge in [0.1, 0.15) is 0 Å². The lowest BCUT2D eigenvalue weighted by molar-refractivity contribution is 0.399. The fourth-order valence-electron chi connectivity index (χ4n) is 1.48. The summed E-state index contributed by atoms with van der Waals surface area (Å²) in [6.45, 7) is 7.99. The molecule has 1 aromatic heterocycles. The Hall–Kier alpha value is 0.01000. The summed E-state index contributed by atoms with van der Waals surface area (Å²) in [6, 6.07) is 2.86. The van der Waals surface area contributed by atoms with Gasteiger partial charge in [0, 0.05) is 24.1 Å². The zero-order valence-electron chi connectivity index (χ0n) is 10.5. The average Bonchev–Trinajstić information content (AvgIpc) is 2.80. The largest absolute Gasteiger partial charge is 0.313 e. The van der Waals surface area contributed by atoms with Gasteiger partial charge in [-0.25, -0.2) is 0 Å². The van der Waals surface area contributed by atoms with Crippen molar-refractivity contribution in [2.24, 2.45) is 5.92 Å². The van der Waals surface area contributed by atoms with Crippen molar-refractivity contribution in [1.82, 2.24) is 5.32 Å². The highest BCUT2D eigenvalue weighted by atomic mass is 32.2. The normalized spacial score (nSPS) is 14.9. The van der Waals surface area contributed by atoms with Gasteiger partial charge in [-0.1, -0.05) is 20.3 Å². The van der Waals surface area contributed by atoms with Crippen molar-refractivity contribution in [2.45, 2.75) is 39.0 Å². The Morgan fingerprint density at radius 3 is 2.88 bits per heavy atom. The minimum atomic E-state index is 0.645. The third kappa shape index (κ3) is 5.37. The van der Waals surface area contributed by atoms with Crippen LogP contribution in [0.15, 0.2) is 16.8 Å². The topological polar surface area (TPSA) is 12.0 Å². The molecule has 2 atom stereocenters. The first kappa shape index (κ1) is 14.1. The van der Waals surface area contributed by atoms with Crippen LogP contribution in [0.5, 0.6) is 0 Å². The summed E-state index contributed by atoms with van der Waals surface area (Å²) >= 11 is 3.80. The van der Waals surface area contributed by atoms with Gasteiger partial charge < -0.3 is 5.32 Å². The van der Waals surface area contributed by atoms with E-state index in [0.29, 0.717) is 6.04 Å². The maximum absolute atomic E-state index is 3.60. The zero-order valence-corrected chi connectivity index (χ0v) is 12.2. The van der Waals surface area contributed by atoms with E-state index in [2.05, 4.69) is 42.9 Å². The molecule has 1 rings (SSSR count). The molecule has 2 unspecified atom stereocenters. The Labute approximate surface area is 108 Å². The Morgan fingerprint density at radius 2 is 2.25 bits per heavy atom. The summed E-state index contributed by atoms with van der Waals surface area (Å²) in [5, 5.41) is 7.99. The molecule has 0 saturated carbocycles. The van der Waals surface area contributed by atoms with Crippen molar-refractivity contribution in [3.8, 4) is 0 Å². The lowest BCUT2D eigenvalue weighted by Crippen LogP contribution is -2.33. The van der Waals surface area contributed by atoms with Crippen LogP contribution in [-0.4, -0.2) is 18.3 Å². The molecule has 92 valence electrons. The third-order valence-corrected chi connectivity index (χ3v) is 4.82. The van der Waals surface area contributed by atoms with E-state index in [1.165, 1.54) is 17.7 Å². The van der Waals surface area contributed by atoms with Gasteiger partial charge in [-0.3, -0.25) is 0 Å². The highest BCUT2D eigenvalue weighted by molar-refractivity contribution is 7.98. The third-order valence-electron chi connectivity index (χ3n) is 3.06. The van der Waals surface area contributed by atoms with Gasteiger partial charge in [0.05, 0.1) is 0 Å². The van der Waals surface area contributed by atoms with Crippen LogP contribution in [0, 0.1) is 5.92 Å². The van der Waals surface area contributed by atoms with Crippen LogP contribution in [-0.2, 0) is 5.75 Å². The predicted octanol–water partition coefficient (Wildman–Crippen LogP) is 4.01. The number of nitrogens with one attached hydrogen (secondary N) is 1. The second-order valence-corrected chi connectivity index (χ2v) is 6.20. The summed E-state index contributed by atoms with van der Waals surface area (Å²) in [7, 11) is 0. The lowest BCUT2D eigenvalue weighted by Gasteiger charge is -2.19. The monoisotopic (exact) mass is 257 g/mol. The maximum Gasteiger partial charge on any atom is 0.0193 e. The van der Waals surface area contributed by atoms with Crippen molar-refractivity contribution >= 4 is 23.1 Å². The van der Waals surface area contributed by atoms with E-state index >= 15 is 0 Å². The quantitative estimate of drug-likeness (QED) is 0.706. The van der Waals surface area contributed by atoms with Crippen LogP contribution in [0.2, 0.25) is 0 Å². The van der Waals surface area contributed by atoms with Gasteiger partial charge in [-0.15, -0.1) is 0 Å². The molecule has 0 amide bonds. The minimum absolute atomic E-state index is 0.645. The molecular weight excluding hydrogens is 234 g/mol. The molecule has 0 aliphatic rings. The standard InChI is InChI=1S/C13H23NS2/c1-4-11(2)12(3)14-6-8-16-10-13-5-7-15-9-13/h5,7,9,11-12,14H,4,6,8,10H2,1-3H3. The minimum Gasteiger partial charge on any atom is -0.313 e. The molecular formula is C13H23NS2. The molecule has 1 N–H and O–H groups in total. The van der Waals surface area contributed by atoms with Crippen LogP contribution in [0.3, 0.4) is 0 Å². The van der Waals surface area contributed by atoms with Gasteiger partial charge in [0.2, 0.25) is 0 Å². The SMILES string of the molecule is CCC(C)C(C)NCCSCc1ccsc1. The van der Waals surface area contributed by atoms with Crippen LogP contribution < -0.4 is 5.32 Å². The molecule has 0 aromatic carbocycles. The Morgan fingerprint density at radius 1 is 1.44 bits per heavy atom. The van der Waals surface area contributed by atoms with E-state index in [1.807, 2.05) is 11.8 Å². The summed E-state index contributed by atoms with van der Waals surface area (Å²) in [5.41, 5.74) is 1.46. The molecule has 0 aliphatic carbocycles. The van der Waals surface area contributed by atoms with Gasteiger partial charge in [-0.2, -0.15) is 23.1 Å². The van der Waals surface area contributed by atoms with Crippen molar-refractivity contribution in [2.75, 3.05) is 12.3 Å². The molecule has 0 fully saturated rings. The van der Waals surface area contributed by atoms with Crippen LogP contribution >= 0.6 is 23.1 Å². The number of hydrogen-bond acceptors (Lipinski definition) is 3. The van der Waals surface area contributed by atoms with Gasteiger partial charge >= 0.3 is 0 Å². The highest BCUT2D eigenvalue weighted by Crippen LogP contribution is 2.14. The fourth-order valence-corrected chi connectivity index (χ4v) is 3.07. The molecule has 0 bridgehead atoms. The summed E-state index contributed by atoms with van der Waals surface area (Å²) in [4.78, 5) is 0. The second-order valence-electron chi connectivity index (χ2n) is 4.31. The Bertz CT molecular complexity index is 259. The Kier molecular flexibility index (Phi) is 7.17. The maximum atomic E-state index is 3.60. The summed E-state index contributed by atoms with van der Waals surface area (Å²) in [5.74, 6) is 3.14. The number of thioether (sulfide) groups is 1. The molecule has 1 nitrogen and oxygen atoms in total. The first-order valence-electron chi connectivity index (χ1n) is 6.06. The molecule has 16 heavy (non-hydrogen) atoms. The molecule has 0 spiro atoms. The summed E-state index contributed by atoms with van der Waals surface area (Å²) in [6.07, 6.45) is 1.26. The lowest BCUT2D eigenvalue weighted by atomic mass is 10.0. The van der Waals surface area contributed by atoms with Gasteiger partial charge in [-0.05, 0) is 35.2 Å². The van der Waals surface area contributed by atoms with Gasteiger partial charge in [0.15, 0.2) is 0 Å². The molecule has 0 radical (unpaired) electrons. The summed E-state index contributed by atoms with van der Waals surface area (Å²) < 4.78 is 0. The van der Waals surface area contributed by atoms with Crippen LogP contribution in [0.1, 0.15) is 32.8 Å². The van der Waals surface area contributed by atoms with E-state index in [-0.39, 0.29) is 0 Å². The second kappa shape index (κ2) is 8.15. The smallest absolute Gasteiger partial charge is 0.0193 e. The molecule has 3 heteroatoms. The Balaban J connectivity index is 1.99. The van der Waals surface area contributed by atoms with Crippen molar-refractivity contribution < 1.29 is 0 Å². The van der Waals surface area contributed by atoms with Crippen LogP contribution in [0.4, 0.5) is 0 Å². The first-order valence-corrected chi connectivity index (χ1v) is 8.16. The highest BCUT2D eigenvalue weighted by Gasteiger charge is 2.08. The zero-order chi connectivity index (χ0) is 11.8. The molecule has 1 heterocycles. The van der Waals surface area contributed by atoms with E-state index in [1.54, 1.807) is 11.3 Å².